The van der Waals surface area contributed by atoms with Gasteiger partial charge in [-0.15, -0.1) is 0 Å². The molecule has 1 fully saturated rings. The van der Waals surface area contributed by atoms with Crippen LogP contribution in [0.1, 0.15) is 12.0 Å². The number of morpholine rings is 1. The van der Waals surface area contributed by atoms with E-state index >= 15 is 0 Å². The first kappa shape index (κ1) is 18.0. The quantitative estimate of drug-likeness (QED) is 0.553. The SMILES string of the molecule is COc1ccc(CN(C)C(=S)NCCC[NH+]2CCOCC2)cc1. The lowest BCUT2D eigenvalue weighted by atomic mass is 10.2. The molecule has 1 saturated heterocycles. The van der Waals surface area contributed by atoms with Gasteiger partial charge in [0.25, 0.3) is 0 Å². The minimum atomic E-state index is 0.796. The lowest BCUT2D eigenvalue weighted by Gasteiger charge is -2.24. The average molecular weight is 338 g/mol. The predicted octanol–water partition coefficient (Wildman–Crippen LogP) is 0.307. The summed E-state index contributed by atoms with van der Waals surface area (Å²) in [6.45, 7) is 6.95. The van der Waals surface area contributed by atoms with E-state index in [1.165, 1.54) is 12.1 Å². The zero-order chi connectivity index (χ0) is 16.5. The van der Waals surface area contributed by atoms with Crippen molar-refractivity contribution in [3.8, 4) is 5.75 Å². The summed E-state index contributed by atoms with van der Waals surface area (Å²) in [5.74, 6) is 0.878. The maximum absolute atomic E-state index is 5.46. The zero-order valence-electron chi connectivity index (χ0n) is 14.1. The third-order valence-electron chi connectivity index (χ3n) is 4.11. The normalized spacial score (nSPS) is 15.2. The van der Waals surface area contributed by atoms with Crippen LogP contribution < -0.4 is 15.0 Å². The fourth-order valence-electron chi connectivity index (χ4n) is 2.66. The molecule has 1 aromatic rings. The Morgan fingerprint density at radius 1 is 1.30 bits per heavy atom. The molecule has 1 aliphatic rings. The molecule has 0 amide bonds. The number of rotatable bonds is 7. The Labute approximate surface area is 144 Å². The van der Waals surface area contributed by atoms with Crippen LogP contribution in [0.4, 0.5) is 0 Å². The van der Waals surface area contributed by atoms with E-state index in [4.69, 9.17) is 21.7 Å². The molecule has 0 atom stereocenters. The van der Waals surface area contributed by atoms with E-state index in [0.29, 0.717) is 0 Å². The highest BCUT2D eigenvalue weighted by Gasteiger charge is 2.13. The van der Waals surface area contributed by atoms with Gasteiger partial charge in [0.05, 0.1) is 26.9 Å². The maximum atomic E-state index is 5.46. The van der Waals surface area contributed by atoms with E-state index in [1.807, 2.05) is 19.2 Å². The van der Waals surface area contributed by atoms with Crippen molar-refractivity contribution in [3.63, 3.8) is 0 Å². The Hall–Kier alpha value is -1.37. The second-order valence-electron chi connectivity index (χ2n) is 5.90. The average Bonchev–Trinajstić information content (AvgIpc) is 2.60. The predicted molar refractivity (Wildman–Crippen MR) is 96.1 cm³/mol. The minimum absolute atomic E-state index is 0.796. The monoisotopic (exact) mass is 338 g/mol. The number of hydrogen-bond donors (Lipinski definition) is 2. The van der Waals surface area contributed by atoms with Gasteiger partial charge in [-0.2, -0.15) is 0 Å². The highest BCUT2D eigenvalue weighted by atomic mass is 32.1. The summed E-state index contributed by atoms with van der Waals surface area (Å²) in [7, 11) is 3.70. The molecule has 0 spiro atoms. The van der Waals surface area contributed by atoms with Gasteiger partial charge in [-0.05, 0) is 29.9 Å². The van der Waals surface area contributed by atoms with Gasteiger partial charge in [-0.25, -0.2) is 0 Å². The first-order chi connectivity index (χ1) is 11.2. The lowest BCUT2D eigenvalue weighted by Crippen LogP contribution is -3.14. The second-order valence-corrected chi connectivity index (χ2v) is 6.29. The molecule has 0 saturated carbocycles. The Morgan fingerprint density at radius 2 is 2.00 bits per heavy atom. The Kier molecular flexibility index (Phi) is 7.58. The second kappa shape index (κ2) is 9.70. The van der Waals surface area contributed by atoms with Gasteiger partial charge >= 0.3 is 0 Å². The highest BCUT2D eigenvalue weighted by molar-refractivity contribution is 7.80. The minimum Gasteiger partial charge on any atom is -0.497 e. The third-order valence-corrected chi connectivity index (χ3v) is 4.56. The number of thiocarbonyl (C=S) groups is 1. The molecule has 23 heavy (non-hydrogen) atoms. The summed E-state index contributed by atoms with van der Waals surface area (Å²) in [5, 5.41) is 4.16. The van der Waals surface area contributed by atoms with Crippen LogP contribution in [0.25, 0.3) is 0 Å². The summed E-state index contributed by atoms with van der Waals surface area (Å²) in [6.07, 6.45) is 1.13. The van der Waals surface area contributed by atoms with E-state index in [0.717, 1.165) is 56.7 Å². The molecule has 2 N–H and O–H groups in total. The van der Waals surface area contributed by atoms with Crippen LogP contribution in [-0.4, -0.2) is 63.6 Å². The summed E-state index contributed by atoms with van der Waals surface area (Å²) in [4.78, 5) is 3.70. The number of methoxy groups -OCH3 is 1. The van der Waals surface area contributed by atoms with Gasteiger partial charge in [0.1, 0.15) is 18.8 Å². The molecule has 1 aliphatic heterocycles. The molecule has 0 bridgehead atoms. The number of nitrogens with zero attached hydrogens (tertiary/aromatic N) is 1. The number of nitrogens with one attached hydrogen (secondary N) is 2. The van der Waals surface area contributed by atoms with Crippen molar-refractivity contribution < 1.29 is 14.4 Å². The molecule has 6 heteroatoms. The number of quaternary nitrogens is 1. The van der Waals surface area contributed by atoms with Crippen molar-refractivity contribution >= 4 is 17.3 Å². The fraction of sp³-hybridized carbons (Fsp3) is 0.588. The summed E-state index contributed by atoms with van der Waals surface area (Å²) in [6, 6.07) is 8.09. The molecule has 128 valence electrons. The van der Waals surface area contributed by atoms with Gasteiger partial charge in [-0.1, -0.05) is 12.1 Å². The topological polar surface area (TPSA) is 38.2 Å². The van der Waals surface area contributed by atoms with Crippen molar-refractivity contribution in [2.24, 2.45) is 0 Å². The fourth-order valence-corrected chi connectivity index (χ4v) is 2.82. The van der Waals surface area contributed by atoms with Crippen molar-refractivity contribution in [1.82, 2.24) is 10.2 Å². The third kappa shape index (κ3) is 6.33. The van der Waals surface area contributed by atoms with Crippen LogP contribution in [0.5, 0.6) is 5.75 Å². The van der Waals surface area contributed by atoms with E-state index in [1.54, 1.807) is 12.0 Å². The summed E-state index contributed by atoms with van der Waals surface area (Å²) < 4.78 is 10.6. The maximum Gasteiger partial charge on any atom is 0.168 e. The highest BCUT2D eigenvalue weighted by Crippen LogP contribution is 2.12. The van der Waals surface area contributed by atoms with Crippen molar-refractivity contribution in [1.29, 1.82) is 0 Å². The zero-order valence-corrected chi connectivity index (χ0v) is 15.0. The van der Waals surface area contributed by atoms with E-state index < -0.39 is 0 Å². The van der Waals surface area contributed by atoms with Crippen LogP contribution in [0, 0.1) is 0 Å². The Morgan fingerprint density at radius 3 is 2.65 bits per heavy atom. The van der Waals surface area contributed by atoms with Gasteiger partial charge in [0.2, 0.25) is 0 Å². The Balaban J connectivity index is 1.63. The Bertz CT molecular complexity index is 475. The van der Waals surface area contributed by atoms with E-state index in [2.05, 4.69) is 22.3 Å². The summed E-state index contributed by atoms with van der Waals surface area (Å²) >= 11 is 5.46. The molecule has 1 aromatic carbocycles. The smallest absolute Gasteiger partial charge is 0.168 e. The molecular formula is C17H28N3O2S+. The number of benzene rings is 1. The van der Waals surface area contributed by atoms with Crippen molar-refractivity contribution in [2.45, 2.75) is 13.0 Å². The molecule has 0 aromatic heterocycles. The standard InChI is InChI=1S/C17H27N3O2S/c1-19(14-15-4-6-16(21-2)7-5-15)17(23)18-8-3-9-20-10-12-22-13-11-20/h4-7H,3,8-14H2,1-2H3,(H,18,23)/p+1. The lowest BCUT2D eigenvalue weighted by molar-refractivity contribution is -0.908. The molecule has 5 nitrogen and oxygen atoms in total. The summed E-state index contributed by atoms with van der Waals surface area (Å²) in [5.41, 5.74) is 1.22. The molecular weight excluding hydrogens is 310 g/mol. The molecule has 1 heterocycles. The van der Waals surface area contributed by atoms with Crippen LogP contribution in [0.15, 0.2) is 24.3 Å². The molecule has 0 radical (unpaired) electrons. The molecule has 0 unspecified atom stereocenters. The molecule has 0 aliphatic carbocycles. The number of ether oxygens (including phenoxy) is 2. The number of hydrogen-bond acceptors (Lipinski definition) is 3. The van der Waals surface area contributed by atoms with Crippen LogP contribution in [0.3, 0.4) is 0 Å². The van der Waals surface area contributed by atoms with Crippen LogP contribution in [0.2, 0.25) is 0 Å². The van der Waals surface area contributed by atoms with Gasteiger partial charge < -0.3 is 24.6 Å². The van der Waals surface area contributed by atoms with Gasteiger partial charge in [0.15, 0.2) is 5.11 Å². The van der Waals surface area contributed by atoms with Gasteiger partial charge in [-0.3, -0.25) is 0 Å². The molecule has 2 rings (SSSR count). The van der Waals surface area contributed by atoms with Crippen LogP contribution in [-0.2, 0) is 11.3 Å². The van der Waals surface area contributed by atoms with E-state index in [-0.39, 0.29) is 0 Å². The van der Waals surface area contributed by atoms with Gasteiger partial charge in [0, 0.05) is 26.6 Å². The first-order valence-corrected chi connectivity index (χ1v) is 8.63. The largest absolute Gasteiger partial charge is 0.497 e. The van der Waals surface area contributed by atoms with Crippen molar-refractivity contribution in [3.05, 3.63) is 29.8 Å². The van der Waals surface area contributed by atoms with Crippen molar-refractivity contribution in [2.75, 3.05) is 53.6 Å². The van der Waals surface area contributed by atoms with E-state index in [9.17, 15) is 0 Å². The first-order valence-electron chi connectivity index (χ1n) is 8.22. The van der Waals surface area contributed by atoms with Crippen LogP contribution >= 0.6 is 12.2 Å².